The first-order chi connectivity index (χ1) is 16.1. The Morgan fingerprint density at radius 1 is 1.36 bits per heavy atom. The van der Waals surface area contributed by atoms with Crippen LogP contribution < -0.4 is 10.6 Å². The van der Waals surface area contributed by atoms with Crippen LogP contribution >= 0.6 is 0 Å². The van der Waals surface area contributed by atoms with Gasteiger partial charge in [-0.3, -0.25) is 4.99 Å². The Hall–Kier alpha value is -3.24. The Balaban J connectivity index is 0.00000187. The van der Waals surface area contributed by atoms with Gasteiger partial charge in [-0.05, 0) is 38.3 Å². The third kappa shape index (κ3) is 7.40. The van der Waals surface area contributed by atoms with Gasteiger partial charge < -0.3 is 15.4 Å². The molecule has 1 aromatic heterocycles. The summed E-state index contributed by atoms with van der Waals surface area (Å²) < 4.78 is 20.0. The molecule has 1 aromatic rings. The van der Waals surface area contributed by atoms with Gasteiger partial charge in [0.2, 0.25) is 0 Å². The number of hydrogen-bond acceptors (Lipinski definition) is 5. The number of nitrogens with zero attached hydrogens (tertiary/aromatic N) is 3. The summed E-state index contributed by atoms with van der Waals surface area (Å²) in [6.07, 6.45) is 13.8. The van der Waals surface area contributed by atoms with Crippen LogP contribution in [0.25, 0.3) is 5.70 Å². The standard InChI is InChI=1S/C24H28FN5O.C2H6/c1-3-21(30-22(4-2)28-17-24(16-26)10-12-31-13-11-24)19-14-23(27-15-20(19)25)29-18-8-6-5-7-9-18;1-2/h3-6,9,14-15H,2,7-8,10-13,17H2,1H3,(H,27,29)(H,28,30);1-2H3/b21-3-;. The van der Waals surface area contributed by atoms with Crippen molar-refractivity contribution in [2.24, 2.45) is 10.4 Å². The van der Waals surface area contributed by atoms with Gasteiger partial charge in [-0.25, -0.2) is 9.37 Å². The van der Waals surface area contributed by atoms with E-state index in [1.54, 1.807) is 18.2 Å². The quantitative estimate of drug-likeness (QED) is 0.313. The van der Waals surface area contributed by atoms with Crippen molar-refractivity contribution in [2.75, 3.05) is 25.1 Å². The van der Waals surface area contributed by atoms with Crippen LogP contribution in [-0.2, 0) is 4.74 Å². The van der Waals surface area contributed by atoms with E-state index in [0.717, 1.165) is 18.5 Å². The van der Waals surface area contributed by atoms with Crippen LogP contribution in [0.3, 0.4) is 0 Å². The summed E-state index contributed by atoms with van der Waals surface area (Å²) in [4.78, 5) is 8.73. The topological polar surface area (TPSA) is 82.3 Å². The number of nitriles is 1. The van der Waals surface area contributed by atoms with Crippen molar-refractivity contribution in [3.8, 4) is 6.07 Å². The first-order valence-electron chi connectivity index (χ1n) is 11.5. The number of nitrogens with one attached hydrogen (secondary N) is 2. The fourth-order valence-electron chi connectivity index (χ4n) is 3.47. The van der Waals surface area contributed by atoms with Crippen molar-refractivity contribution in [3.63, 3.8) is 0 Å². The Morgan fingerprint density at radius 3 is 2.73 bits per heavy atom. The van der Waals surface area contributed by atoms with E-state index in [1.165, 1.54) is 6.20 Å². The number of ether oxygens (including phenoxy) is 1. The first-order valence-corrected chi connectivity index (χ1v) is 11.5. The van der Waals surface area contributed by atoms with Gasteiger partial charge in [-0.15, -0.1) is 0 Å². The van der Waals surface area contributed by atoms with Crippen molar-refractivity contribution in [3.05, 3.63) is 66.3 Å². The summed E-state index contributed by atoms with van der Waals surface area (Å²) in [5.41, 5.74) is 1.43. The van der Waals surface area contributed by atoms with Crippen LogP contribution in [-0.4, -0.2) is 30.6 Å². The molecule has 3 rings (SSSR count). The van der Waals surface area contributed by atoms with Gasteiger partial charge in [-0.1, -0.05) is 44.7 Å². The number of aliphatic imine (C=N–C) groups is 1. The van der Waals surface area contributed by atoms with E-state index in [1.807, 2.05) is 20.8 Å². The average Bonchev–Trinajstić information content (AvgIpc) is 2.88. The lowest BCUT2D eigenvalue weighted by Crippen LogP contribution is -2.32. The summed E-state index contributed by atoms with van der Waals surface area (Å²) in [5.74, 6) is 0.618. The SMILES string of the molecule is C=CC(=NCC1(C#N)CCOCC1)N/C(=C\C)c1cc(NC2=CCC=CC2)ncc1F.CC. The van der Waals surface area contributed by atoms with E-state index in [2.05, 4.69) is 51.5 Å². The molecule has 0 saturated carbocycles. The van der Waals surface area contributed by atoms with E-state index in [-0.39, 0.29) is 0 Å². The van der Waals surface area contributed by atoms with Crippen LogP contribution in [0.1, 0.15) is 52.0 Å². The molecule has 2 N–H and O–H groups in total. The largest absolute Gasteiger partial charge is 0.381 e. The molecule has 33 heavy (non-hydrogen) atoms. The lowest BCUT2D eigenvalue weighted by molar-refractivity contribution is 0.0442. The van der Waals surface area contributed by atoms with Crippen LogP contribution in [0.4, 0.5) is 10.2 Å². The third-order valence-electron chi connectivity index (χ3n) is 5.42. The van der Waals surface area contributed by atoms with E-state index < -0.39 is 11.2 Å². The normalized spacial score (nSPS) is 17.7. The fraction of sp³-hybridized carbons (Fsp3) is 0.423. The molecule has 0 atom stereocenters. The zero-order valence-electron chi connectivity index (χ0n) is 19.8. The van der Waals surface area contributed by atoms with Crippen molar-refractivity contribution in [2.45, 2.75) is 46.5 Å². The number of halogens is 1. The molecular weight excluding hydrogens is 417 g/mol. The molecule has 0 bridgehead atoms. The highest BCUT2D eigenvalue weighted by Gasteiger charge is 2.32. The summed E-state index contributed by atoms with van der Waals surface area (Å²) in [6, 6.07) is 4.07. The Kier molecular flexibility index (Phi) is 10.5. The number of pyridine rings is 1. The van der Waals surface area contributed by atoms with Gasteiger partial charge in [0.1, 0.15) is 11.7 Å². The minimum absolute atomic E-state index is 0.339. The van der Waals surface area contributed by atoms with E-state index in [0.29, 0.717) is 55.5 Å². The molecule has 0 amide bonds. The van der Waals surface area contributed by atoms with Gasteiger partial charge in [0.25, 0.3) is 0 Å². The zero-order chi connectivity index (χ0) is 24.1. The number of rotatable bonds is 7. The van der Waals surface area contributed by atoms with Crippen molar-refractivity contribution in [1.82, 2.24) is 10.3 Å². The maximum Gasteiger partial charge on any atom is 0.150 e. The highest BCUT2D eigenvalue weighted by atomic mass is 19.1. The highest BCUT2D eigenvalue weighted by Crippen LogP contribution is 2.30. The van der Waals surface area contributed by atoms with Crippen LogP contribution in [0, 0.1) is 22.6 Å². The molecule has 0 unspecified atom stereocenters. The smallest absolute Gasteiger partial charge is 0.150 e. The molecule has 1 saturated heterocycles. The number of anilines is 1. The van der Waals surface area contributed by atoms with Crippen LogP contribution in [0.5, 0.6) is 0 Å². The minimum Gasteiger partial charge on any atom is -0.381 e. The van der Waals surface area contributed by atoms with E-state index >= 15 is 0 Å². The Morgan fingerprint density at radius 2 is 2.12 bits per heavy atom. The molecule has 0 radical (unpaired) electrons. The fourth-order valence-corrected chi connectivity index (χ4v) is 3.47. The second-order valence-corrected chi connectivity index (χ2v) is 7.55. The molecule has 1 aliphatic carbocycles. The summed E-state index contributed by atoms with van der Waals surface area (Å²) >= 11 is 0. The minimum atomic E-state index is -0.536. The molecule has 1 fully saturated rings. The first kappa shape index (κ1) is 26.0. The zero-order valence-corrected chi connectivity index (χ0v) is 19.8. The lowest BCUT2D eigenvalue weighted by Gasteiger charge is -2.29. The predicted octanol–water partition coefficient (Wildman–Crippen LogP) is 5.75. The number of allylic oxidation sites excluding steroid dienone is 4. The van der Waals surface area contributed by atoms with Gasteiger partial charge in [0, 0.05) is 36.6 Å². The van der Waals surface area contributed by atoms with Crippen molar-refractivity contribution >= 4 is 17.4 Å². The van der Waals surface area contributed by atoms with Gasteiger partial charge in [0.05, 0.1) is 24.2 Å². The molecule has 1 aliphatic heterocycles. The number of aromatic nitrogens is 1. The van der Waals surface area contributed by atoms with Gasteiger partial charge >= 0.3 is 0 Å². The highest BCUT2D eigenvalue weighted by molar-refractivity contribution is 5.98. The summed E-state index contributed by atoms with van der Waals surface area (Å²) in [5, 5.41) is 16.0. The number of amidine groups is 1. The average molecular weight is 452 g/mol. The van der Waals surface area contributed by atoms with Gasteiger partial charge in [0.15, 0.2) is 5.82 Å². The maximum absolute atomic E-state index is 14.6. The molecule has 0 aromatic carbocycles. The third-order valence-corrected chi connectivity index (χ3v) is 5.42. The Labute approximate surface area is 196 Å². The Bertz CT molecular complexity index is 965. The second kappa shape index (κ2) is 13.3. The molecule has 0 spiro atoms. The molecule has 7 heteroatoms. The van der Waals surface area contributed by atoms with Crippen molar-refractivity contribution in [1.29, 1.82) is 5.26 Å². The van der Waals surface area contributed by atoms with Gasteiger partial charge in [-0.2, -0.15) is 5.26 Å². The summed E-state index contributed by atoms with van der Waals surface area (Å²) in [7, 11) is 0. The van der Waals surface area contributed by atoms with E-state index in [9.17, 15) is 9.65 Å². The lowest BCUT2D eigenvalue weighted by atomic mass is 9.82. The molecular formula is C26H34FN5O. The monoisotopic (exact) mass is 451 g/mol. The maximum atomic E-state index is 14.6. The van der Waals surface area contributed by atoms with Crippen LogP contribution in [0.15, 0.2) is 59.9 Å². The second-order valence-electron chi connectivity index (χ2n) is 7.55. The molecule has 2 heterocycles. The van der Waals surface area contributed by atoms with Crippen molar-refractivity contribution < 1.29 is 9.13 Å². The molecule has 6 nitrogen and oxygen atoms in total. The number of hydrogen-bond donors (Lipinski definition) is 2. The molecule has 2 aliphatic rings. The van der Waals surface area contributed by atoms with E-state index in [4.69, 9.17) is 4.74 Å². The predicted molar refractivity (Wildman–Crippen MR) is 133 cm³/mol. The molecule has 176 valence electrons. The van der Waals surface area contributed by atoms with Crippen LogP contribution in [0.2, 0.25) is 0 Å². The summed E-state index contributed by atoms with van der Waals surface area (Å²) in [6.45, 7) is 11.1.